The zero-order valence-electron chi connectivity index (χ0n) is 12.0. The van der Waals surface area contributed by atoms with Crippen molar-refractivity contribution in [2.45, 2.75) is 13.8 Å². The van der Waals surface area contributed by atoms with Crippen molar-refractivity contribution < 1.29 is 4.79 Å². The topological polar surface area (TPSA) is 41.5 Å². The minimum atomic E-state index is -0.278. The third-order valence-corrected chi connectivity index (χ3v) is 5.83. The molecule has 0 radical (unpaired) electrons. The lowest BCUT2D eigenvalue weighted by atomic mass is 10.2. The van der Waals surface area contributed by atoms with Crippen LogP contribution in [0.15, 0.2) is 40.8 Å². The van der Waals surface area contributed by atoms with Crippen LogP contribution in [0.2, 0.25) is 5.02 Å². The third-order valence-electron chi connectivity index (χ3n) is 3.19. The molecule has 3 nitrogen and oxygen atoms in total. The van der Waals surface area contributed by atoms with Crippen molar-refractivity contribution in [1.29, 1.82) is 0 Å². The quantitative estimate of drug-likeness (QED) is 0.520. The lowest BCUT2D eigenvalue weighted by Crippen LogP contribution is -2.18. The molecule has 0 saturated heterocycles. The van der Waals surface area contributed by atoms with E-state index < -0.39 is 0 Å². The Kier molecular flexibility index (Phi) is 4.29. The third kappa shape index (κ3) is 2.92. The SMILES string of the molecule is C/C(=N\NC(=O)c1sc2cc(C)ccc2c1Cl)c1cccs1. The predicted molar refractivity (Wildman–Crippen MR) is 95.6 cm³/mol. The molecule has 2 heterocycles. The van der Waals surface area contributed by atoms with Gasteiger partial charge in [-0.05, 0) is 36.9 Å². The van der Waals surface area contributed by atoms with Crippen LogP contribution in [-0.2, 0) is 0 Å². The van der Waals surface area contributed by atoms with Gasteiger partial charge in [0.1, 0.15) is 4.88 Å². The lowest BCUT2D eigenvalue weighted by molar-refractivity contribution is 0.0959. The molecule has 0 unspecified atom stereocenters. The smallest absolute Gasteiger partial charge is 0.266 e. The maximum atomic E-state index is 12.3. The molecule has 0 spiro atoms. The summed E-state index contributed by atoms with van der Waals surface area (Å²) in [6, 6.07) is 9.88. The molecule has 0 aliphatic heterocycles. The fourth-order valence-corrected chi connectivity index (χ4v) is 4.23. The second-order valence-electron chi connectivity index (χ2n) is 4.86. The number of benzene rings is 1. The molecule has 0 saturated carbocycles. The maximum absolute atomic E-state index is 12.3. The van der Waals surface area contributed by atoms with Crippen LogP contribution in [0.1, 0.15) is 27.0 Å². The Morgan fingerprint density at radius 1 is 1.32 bits per heavy atom. The molecule has 1 aromatic carbocycles. The summed E-state index contributed by atoms with van der Waals surface area (Å²) >= 11 is 9.29. The fourth-order valence-electron chi connectivity index (χ4n) is 2.04. The van der Waals surface area contributed by atoms with E-state index in [1.165, 1.54) is 11.3 Å². The Balaban J connectivity index is 1.86. The van der Waals surface area contributed by atoms with Crippen LogP contribution in [0.3, 0.4) is 0 Å². The van der Waals surface area contributed by atoms with E-state index in [4.69, 9.17) is 11.6 Å². The molecule has 0 aliphatic carbocycles. The second-order valence-corrected chi connectivity index (χ2v) is 7.24. The summed E-state index contributed by atoms with van der Waals surface area (Å²) in [7, 11) is 0. The zero-order chi connectivity index (χ0) is 15.7. The number of halogens is 1. The summed E-state index contributed by atoms with van der Waals surface area (Å²) in [5.41, 5.74) is 4.50. The molecule has 0 bridgehead atoms. The van der Waals surface area contributed by atoms with Crippen molar-refractivity contribution in [1.82, 2.24) is 5.43 Å². The van der Waals surface area contributed by atoms with Gasteiger partial charge in [-0.15, -0.1) is 22.7 Å². The van der Waals surface area contributed by atoms with E-state index in [0.717, 1.165) is 26.2 Å². The van der Waals surface area contributed by atoms with Gasteiger partial charge in [0.25, 0.3) is 5.91 Å². The second kappa shape index (κ2) is 6.20. The van der Waals surface area contributed by atoms with Crippen molar-refractivity contribution in [3.63, 3.8) is 0 Å². The molecule has 1 amide bonds. The summed E-state index contributed by atoms with van der Waals surface area (Å²) in [6.45, 7) is 3.88. The van der Waals surface area contributed by atoms with E-state index in [1.807, 2.05) is 49.6 Å². The summed E-state index contributed by atoms with van der Waals surface area (Å²) in [5.74, 6) is -0.278. The molecule has 2 aromatic heterocycles. The number of amides is 1. The van der Waals surface area contributed by atoms with Gasteiger partial charge in [0.05, 0.1) is 10.7 Å². The van der Waals surface area contributed by atoms with Crippen molar-refractivity contribution in [3.05, 3.63) is 56.1 Å². The van der Waals surface area contributed by atoms with Crippen LogP contribution >= 0.6 is 34.3 Å². The monoisotopic (exact) mass is 348 g/mol. The number of aryl methyl sites for hydroxylation is 1. The Labute approximate surface area is 141 Å². The molecule has 22 heavy (non-hydrogen) atoms. The van der Waals surface area contributed by atoms with Crippen molar-refractivity contribution in [3.8, 4) is 0 Å². The Hall–Kier alpha value is -1.69. The minimum Gasteiger partial charge on any atom is -0.266 e. The number of rotatable bonds is 3. The molecular weight excluding hydrogens is 336 g/mol. The maximum Gasteiger partial charge on any atom is 0.283 e. The summed E-state index contributed by atoms with van der Waals surface area (Å²) < 4.78 is 1.01. The van der Waals surface area contributed by atoms with Gasteiger partial charge in [-0.3, -0.25) is 4.79 Å². The van der Waals surface area contributed by atoms with Gasteiger partial charge in [0.2, 0.25) is 0 Å². The largest absolute Gasteiger partial charge is 0.283 e. The van der Waals surface area contributed by atoms with Crippen LogP contribution in [0.25, 0.3) is 10.1 Å². The number of hydrogen-bond acceptors (Lipinski definition) is 4. The first-order valence-corrected chi connectivity index (χ1v) is 8.71. The van der Waals surface area contributed by atoms with Crippen LogP contribution in [0.4, 0.5) is 0 Å². The first kappa shape index (κ1) is 15.2. The van der Waals surface area contributed by atoms with Gasteiger partial charge in [0.15, 0.2) is 0 Å². The van der Waals surface area contributed by atoms with Gasteiger partial charge < -0.3 is 0 Å². The van der Waals surface area contributed by atoms with Crippen LogP contribution in [-0.4, -0.2) is 11.6 Å². The van der Waals surface area contributed by atoms with Crippen LogP contribution < -0.4 is 5.43 Å². The summed E-state index contributed by atoms with van der Waals surface area (Å²) in [6.07, 6.45) is 0. The van der Waals surface area contributed by atoms with Gasteiger partial charge in [-0.25, -0.2) is 5.43 Å². The van der Waals surface area contributed by atoms with E-state index in [0.29, 0.717) is 9.90 Å². The van der Waals surface area contributed by atoms with Gasteiger partial charge in [-0.2, -0.15) is 5.10 Å². The molecule has 0 aliphatic rings. The molecule has 3 rings (SSSR count). The normalized spacial score (nSPS) is 11.9. The molecule has 3 aromatic rings. The van der Waals surface area contributed by atoms with E-state index in [1.54, 1.807) is 11.3 Å². The highest BCUT2D eigenvalue weighted by molar-refractivity contribution is 7.21. The molecule has 6 heteroatoms. The number of nitrogens with zero attached hydrogens (tertiary/aromatic N) is 1. The van der Waals surface area contributed by atoms with E-state index >= 15 is 0 Å². The fraction of sp³-hybridized carbons (Fsp3) is 0.125. The number of thiophene rings is 2. The van der Waals surface area contributed by atoms with Crippen LogP contribution in [0.5, 0.6) is 0 Å². The number of fused-ring (bicyclic) bond motifs is 1. The number of hydrazone groups is 1. The lowest BCUT2D eigenvalue weighted by Gasteiger charge is -1.99. The predicted octanol–water partition coefficient (Wildman–Crippen LogP) is 5.08. The van der Waals surface area contributed by atoms with Crippen LogP contribution in [0, 0.1) is 6.92 Å². The highest BCUT2D eigenvalue weighted by atomic mass is 35.5. The van der Waals surface area contributed by atoms with Gasteiger partial charge in [-0.1, -0.05) is 29.8 Å². The average Bonchev–Trinajstić information content (AvgIpc) is 3.13. The molecule has 0 fully saturated rings. The Morgan fingerprint density at radius 2 is 2.14 bits per heavy atom. The molecular formula is C16H13ClN2OS2. The first-order valence-electron chi connectivity index (χ1n) is 6.63. The zero-order valence-corrected chi connectivity index (χ0v) is 14.4. The number of nitrogens with one attached hydrogen (secondary N) is 1. The van der Waals surface area contributed by atoms with Gasteiger partial charge in [0, 0.05) is 15.0 Å². The summed E-state index contributed by atoms with van der Waals surface area (Å²) in [4.78, 5) is 13.8. The van der Waals surface area contributed by atoms with E-state index in [2.05, 4.69) is 10.5 Å². The number of carbonyl (C=O) groups excluding carboxylic acids is 1. The van der Waals surface area contributed by atoms with Crippen molar-refractivity contribution in [2.75, 3.05) is 0 Å². The molecule has 112 valence electrons. The highest BCUT2D eigenvalue weighted by Crippen LogP contribution is 2.35. The van der Waals surface area contributed by atoms with Gasteiger partial charge >= 0.3 is 0 Å². The Bertz CT molecular complexity index is 866. The standard InChI is InChI=1S/C16H13ClN2OS2/c1-9-5-6-11-13(8-9)22-15(14(11)17)16(20)19-18-10(2)12-4-3-7-21-12/h3-8H,1-2H3,(H,19,20)/b18-10+. The van der Waals surface area contributed by atoms with E-state index in [-0.39, 0.29) is 5.91 Å². The van der Waals surface area contributed by atoms with Crippen molar-refractivity contribution in [2.24, 2.45) is 5.10 Å². The van der Waals surface area contributed by atoms with E-state index in [9.17, 15) is 4.79 Å². The Morgan fingerprint density at radius 3 is 2.86 bits per heavy atom. The molecule has 1 N–H and O–H groups in total. The minimum absolute atomic E-state index is 0.278. The number of hydrogen-bond donors (Lipinski definition) is 1. The van der Waals surface area contributed by atoms with Crippen molar-refractivity contribution >= 4 is 56.0 Å². The number of carbonyl (C=O) groups is 1. The summed E-state index contributed by atoms with van der Waals surface area (Å²) in [5, 5.41) is 7.51. The average molecular weight is 349 g/mol. The highest BCUT2D eigenvalue weighted by Gasteiger charge is 2.17. The molecule has 0 atom stereocenters. The first-order chi connectivity index (χ1) is 10.6.